The maximum absolute atomic E-state index is 5.00. The van der Waals surface area contributed by atoms with E-state index in [1.54, 1.807) is 7.11 Å². The van der Waals surface area contributed by atoms with Crippen LogP contribution in [-0.4, -0.2) is 33.4 Å². The molecule has 4 heteroatoms. The third kappa shape index (κ3) is 4.59. The zero-order valence-electron chi connectivity index (χ0n) is 11.5. The minimum atomic E-state index is 0.749. The van der Waals surface area contributed by atoms with Crippen LogP contribution in [0, 0.1) is 0 Å². The van der Waals surface area contributed by atoms with Crippen LogP contribution < -0.4 is 10.2 Å². The van der Waals surface area contributed by atoms with Crippen molar-refractivity contribution in [3.63, 3.8) is 0 Å². The summed E-state index contributed by atoms with van der Waals surface area (Å²) >= 11 is 3.66. The highest BCUT2D eigenvalue weighted by Gasteiger charge is 2.06. The zero-order chi connectivity index (χ0) is 13.4. The maximum Gasteiger partial charge on any atom is 0.0587 e. The predicted octanol–water partition coefficient (Wildman–Crippen LogP) is 3.03. The van der Waals surface area contributed by atoms with E-state index in [1.807, 2.05) is 0 Å². The monoisotopic (exact) mass is 314 g/mol. The second kappa shape index (κ2) is 8.51. The van der Waals surface area contributed by atoms with Crippen molar-refractivity contribution in [1.82, 2.24) is 5.32 Å². The quantitative estimate of drug-likeness (QED) is 0.746. The molecule has 0 saturated heterocycles. The molecule has 0 spiro atoms. The molecule has 0 fully saturated rings. The first-order chi connectivity index (χ1) is 8.72. The Balaban J connectivity index is 2.61. The molecular weight excluding hydrogens is 292 g/mol. The first kappa shape index (κ1) is 15.5. The first-order valence-electron chi connectivity index (χ1n) is 6.45. The topological polar surface area (TPSA) is 24.5 Å². The van der Waals surface area contributed by atoms with E-state index in [0.29, 0.717) is 0 Å². The molecule has 1 N–H and O–H groups in total. The minimum absolute atomic E-state index is 0.749. The van der Waals surface area contributed by atoms with Gasteiger partial charge in [0.1, 0.15) is 0 Å². The number of benzene rings is 1. The fourth-order valence-corrected chi connectivity index (χ4v) is 2.57. The van der Waals surface area contributed by atoms with Crippen molar-refractivity contribution in [2.24, 2.45) is 0 Å². The van der Waals surface area contributed by atoms with Crippen molar-refractivity contribution in [3.05, 3.63) is 28.2 Å². The Morgan fingerprint density at radius 1 is 1.28 bits per heavy atom. The first-order valence-corrected chi connectivity index (χ1v) is 7.25. The number of anilines is 1. The lowest BCUT2D eigenvalue weighted by atomic mass is 10.2. The van der Waals surface area contributed by atoms with Gasteiger partial charge in [0.15, 0.2) is 0 Å². The van der Waals surface area contributed by atoms with Gasteiger partial charge >= 0.3 is 0 Å². The lowest BCUT2D eigenvalue weighted by molar-refractivity contribution is 0.199. The Morgan fingerprint density at radius 2 is 2.00 bits per heavy atom. The molecule has 0 radical (unpaired) electrons. The second-order valence-electron chi connectivity index (χ2n) is 4.13. The van der Waals surface area contributed by atoms with Crippen molar-refractivity contribution in [2.75, 3.05) is 38.3 Å². The highest BCUT2D eigenvalue weighted by atomic mass is 79.9. The molecule has 3 nitrogen and oxygen atoms in total. The van der Waals surface area contributed by atoms with Gasteiger partial charge in [0.25, 0.3) is 0 Å². The van der Waals surface area contributed by atoms with E-state index < -0.39 is 0 Å². The average Bonchev–Trinajstić information content (AvgIpc) is 2.38. The van der Waals surface area contributed by atoms with Gasteiger partial charge in [-0.2, -0.15) is 0 Å². The second-order valence-corrected chi connectivity index (χ2v) is 4.98. The third-order valence-corrected chi connectivity index (χ3v) is 3.56. The maximum atomic E-state index is 5.00. The molecule has 1 aromatic carbocycles. The summed E-state index contributed by atoms with van der Waals surface area (Å²) in [6.45, 7) is 8.92. The molecular formula is C14H23BrN2O. The summed E-state index contributed by atoms with van der Waals surface area (Å²) in [5.41, 5.74) is 2.55. The van der Waals surface area contributed by atoms with E-state index in [1.165, 1.54) is 11.3 Å². The molecule has 0 aliphatic rings. The molecule has 0 aromatic heterocycles. The number of nitrogens with one attached hydrogen (secondary N) is 1. The Hall–Kier alpha value is -0.580. The number of halogens is 1. The van der Waals surface area contributed by atoms with Crippen molar-refractivity contribution < 1.29 is 4.74 Å². The van der Waals surface area contributed by atoms with Crippen LogP contribution in [0.25, 0.3) is 0 Å². The molecule has 18 heavy (non-hydrogen) atoms. The number of ether oxygens (including phenoxy) is 1. The van der Waals surface area contributed by atoms with Crippen LogP contribution in [0.2, 0.25) is 0 Å². The fourth-order valence-electron chi connectivity index (χ4n) is 1.89. The van der Waals surface area contributed by atoms with Gasteiger partial charge in [0.2, 0.25) is 0 Å². The van der Waals surface area contributed by atoms with Crippen LogP contribution in [0.4, 0.5) is 5.69 Å². The zero-order valence-corrected chi connectivity index (χ0v) is 13.1. The predicted molar refractivity (Wildman–Crippen MR) is 81.3 cm³/mol. The summed E-state index contributed by atoms with van der Waals surface area (Å²) in [6, 6.07) is 6.55. The lowest BCUT2D eigenvalue weighted by Crippen LogP contribution is -2.22. The molecule has 0 unspecified atom stereocenters. The Morgan fingerprint density at radius 3 is 2.56 bits per heavy atom. The number of rotatable bonds is 8. The average molecular weight is 315 g/mol. The third-order valence-electron chi connectivity index (χ3n) is 2.93. The molecule has 0 aliphatic carbocycles. The summed E-state index contributed by atoms with van der Waals surface area (Å²) < 4.78 is 6.17. The summed E-state index contributed by atoms with van der Waals surface area (Å²) in [5, 5.41) is 3.35. The van der Waals surface area contributed by atoms with E-state index in [2.05, 4.69) is 58.2 Å². The number of hydrogen-bond acceptors (Lipinski definition) is 3. The molecule has 0 amide bonds. The van der Waals surface area contributed by atoms with Crippen molar-refractivity contribution >= 4 is 21.6 Å². The van der Waals surface area contributed by atoms with E-state index in [-0.39, 0.29) is 0 Å². The van der Waals surface area contributed by atoms with Gasteiger partial charge in [-0.05, 0) is 47.5 Å². The SMILES string of the molecule is CCN(CC)c1ccc(CNCCOC)cc1Br. The van der Waals surface area contributed by atoms with Gasteiger partial charge < -0.3 is 15.0 Å². The summed E-state index contributed by atoms with van der Waals surface area (Å²) in [7, 11) is 1.72. The van der Waals surface area contributed by atoms with E-state index in [4.69, 9.17) is 4.74 Å². The molecule has 1 aromatic rings. The molecule has 0 heterocycles. The highest BCUT2D eigenvalue weighted by molar-refractivity contribution is 9.10. The highest BCUT2D eigenvalue weighted by Crippen LogP contribution is 2.27. The van der Waals surface area contributed by atoms with Crippen LogP contribution in [0.15, 0.2) is 22.7 Å². The summed E-state index contributed by atoms with van der Waals surface area (Å²) in [5.74, 6) is 0. The van der Waals surface area contributed by atoms with E-state index in [0.717, 1.165) is 37.3 Å². The standard InChI is InChI=1S/C14H23BrN2O/c1-4-17(5-2)14-7-6-12(10-13(14)15)11-16-8-9-18-3/h6-7,10,16H,4-5,8-9,11H2,1-3H3. The van der Waals surface area contributed by atoms with Gasteiger partial charge in [-0.25, -0.2) is 0 Å². The number of methoxy groups -OCH3 is 1. The van der Waals surface area contributed by atoms with E-state index >= 15 is 0 Å². The van der Waals surface area contributed by atoms with Crippen LogP contribution in [0.5, 0.6) is 0 Å². The Kier molecular flexibility index (Phi) is 7.32. The molecule has 0 atom stereocenters. The molecule has 1 rings (SSSR count). The minimum Gasteiger partial charge on any atom is -0.383 e. The van der Waals surface area contributed by atoms with E-state index in [9.17, 15) is 0 Å². The van der Waals surface area contributed by atoms with Crippen molar-refractivity contribution in [3.8, 4) is 0 Å². The number of hydrogen-bond donors (Lipinski definition) is 1. The largest absolute Gasteiger partial charge is 0.383 e. The van der Waals surface area contributed by atoms with Gasteiger partial charge in [0.05, 0.1) is 12.3 Å². The summed E-state index contributed by atoms with van der Waals surface area (Å²) in [4.78, 5) is 2.34. The fraction of sp³-hybridized carbons (Fsp3) is 0.571. The molecule has 102 valence electrons. The van der Waals surface area contributed by atoms with Crippen molar-refractivity contribution in [1.29, 1.82) is 0 Å². The number of nitrogens with zero attached hydrogens (tertiary/aromatic N) is 1. The van der Waals surface area contributed by atoms with Gasteiger partial charge in [-0.3, -0.25) is 0 Å². The lowest BCUT2D eigenvalue weighted by Gasteiger charge is -2.22. The van der Waals surface area contributed by atoms with Gasteiger partial charge in [0, 0.05) is 37.8 Å². The molecule has 0 aliphatic heterocycles. The summed E-state index contributed by atoms with van der Waals surface area (Å²) in [6.07, 6.45) is 0. The molecule has 0 bridgehead atoms. The van der Waals surface area contributed by atoms with Crippen LogP contribution >= 0.6 is 15.9 Å². The van der Waals surface area contributed by atoms with Crippen molar-refractivity contribution in [2.45, 2.75) is 20.4 Å². The molecule has 0 saturated carbocycles. The smallest absolute Gasteiger partial charge is 0.0587 e. The Bertz CT molecular complexity index is 354. The normalized spacial score (nSPS) is 10.7. The van der Waals surface area contributed by atoms with Gasteiger partial charge in [-0.1, -0.05) is 6.07 Å². The van der Waals surface area contributed by atoms with Crippen LogP contribution in [0.1, 0.15) is 19.4 Å². The van der Waals surface area contributed by atoms with Gasteiger partial charge in [-0.15, -0.1) is 0 Å². The van der Waals surface area contributed by atoms with Crippen LogP contribution in [0.3, 0.4) is 0 Å². The van der Waals surface area contributed by atoms with Crippen LogP contribution in [-0.2, 0) is 11.3 Å². The Labute approximate surface area is 119 Å².